The number of anilines is 3. The zero-order valence-electron chi connectivity index (χ0n) is 21.9. The predicted molar refractivity (Wildman–Crippen MR) is 141 cm³/mol. The molecule has 0 atom stereocenters. The number of amides is 2. The van der Waals surface area contributed by atoms with Gasteiger partial charge in [0.15, 0.2) is 5.82 Å². The summed E-state index contributed by atoms with van der Waals surface area (Å²) < 4.78 is 16.2. The molecule has 0 radical (unpaired) electrons. The monoisotopic (exact) mass is 537 g/mol. The molecule has 1 aromatic carbocycles. The maximum Gasteiger partial charge on any atom is 0.418 e. The van der Waals surface area contributed by atoms with Crippen molar-refractivity contribution in [2.75, 3.05) is 37.5 Å². The van der Waals surface area contributed by atoms with E-state index < -0.39 is 17.6 Å². The zero-order chi connectivity index (χ0) is 27.8. The van der Waals surface area contributed by atoms with Gasteiger partial charge in [-0.3, -0.25) is 10.1 Å². The SMILES string of the molecule is COCCOc1ccc(NC(=O)Oc2nc(C3CC3)cnc2Nc2cncnc2)c(C(=O)NCC(C)(C)O)c1. The normalized spacial score (nSPS) is 12.9. The maximum absolute atomic E-state index is 13.0. The van der Waals surface area contributed by atoms with Crippen molar-refractivity contribution >= 4 is 29.2 Å². The maximum atomic E-state index is 13.0. The second-order valence-corrected chi connectivity index (χ2v) is 9.53. The predicted octanol–water partition coefficient (Wildman–Crippen LogP) is 3.02. The second kappa shape index (κ2) is 12.5. The van der Waals surface area contributed by atoms with Gasteiger partial charge in [0.25, 0.3) is 11.8 Å². The lowest BCUT2D eigenvalue weighted by atomic mass is 10.1. The molecule has 4 N–H and O–H groups in total. The van der Waals surface area contributed by atoms with Crippen molar-refractivity contribution in [3.8, 4) is 11.6 Å². The van der Waals surface area contributed by atoms with Crippen LogP contribution in [0.15, 0.2) is 43.1 Å². The van der Waals surface area contributed by atoms with E-state index in [0.717, 1.165) is 18.5 Å². The van der Waals surface area contributed by atoms with E-state index in [1.165, 1.54) is 18.5 Å². The van der Waals surface area contributed by atoms with Crippen LogP contribution in [0.25, 0.3) is 0 Å². The lowest BCUT2D eigenvalue weighted by Crippen LogP contribution is -2.38. The van der Waals surface area contributed by atoms with E-state index in [0.29, 0.717) is 18.0 Å². The summed E-state index contributed by atoms with van der Waals surface area (Å²) >= 11 is 0. The van der Waals surface area contributed by atoms with E-state index in [1.807, 2.05) is 0 Å². The summed E-state index contributed by atoms with van der Waals surface area (Å²) in [6, 6.07) is 4.62. The Morgan fingerprint density at radius 3 is 2.59 bits per heavy atom. The summed E-state index contributed by atoms with van der Waals surface area (Å²) in [5.41, 5.74) is 0.406. The number of aliphatic hydroxyl groups is 1. The van der Waals surface area contributed by atoms with Gasteiger partial charge in [-0.15, -0.1) is 0 Å². The highest BCUT2D eigenvalue weighted by Gasteiger charge is 2.27. The largest absolute Gasteiger partial charge is 0.491 e. The van der Waals surface area contributed by atoms with Crippen molar-refractivity contribution in [2.45, 2.75) is 38.2 Å². The van der Waals surface area contributed by atoms with Crippen molar-refractivity contribution in [3.63, 3.8) is 0 Å². The molecule has 0 spiro atoms. The fourth-order valence-electron chi connectivity index (χ4n) is 3.39. The molecule has 2 aromatic heterocycles. The number of hydrogen-bond donors (Lipinski definition) is 4. The quantitative estimate of drug-likeness (QED) is 0.250. The Morgan fingerprint density at radius 1 is 1.13 bits per heavy atom. The van der Waals surface area contributed by atoms with E-state index in [2.05, 4.69) is 35.9 Å². The Morgan fingerprint density at radius 2 is 1.90 bits per heavy atom. The minimum atomic E-state index is -1.13. The summed E-state index contributed by atoms with van der Waals surface area (Å²) in [4.78, 5) is 42.8. The molecular formula is C26H31N7O6. The van der Waals surface area contributed by atoms with Crippen LogP contribution in [0.4, 0.5) is 22.0 Å². The van der Waals surface area contributed by atoms with Crippen molar-refractivity contribution in [1.29, 1.82) is 0 Å². The van der Waals surface area contributed by atoms with E-state index >= 15 is 0 Å². The molecule has 13 heteroatoms. The first-order valence-electron chi connectivity index (χ1n) is 12.4. The van der Waals surface area contributed by atoms with Crippen LogP contribution in [0.5, 0.6) is 11.6 Å². The molecule has 2 heterocycles. The van der Waals surface area contributed by atoms with E-state index in [1.54, 1.807) is 45.6 Å². The lowest BCUT2D eigenvalue weighted by molar-refractivity contribution is 0.0694. The van der Waals surface area contributed by atoms with Gasteiger partial charge in [-0.1, -0.05) is 0 Å². The average Bonchev–Trinajstić information content (AvgIpc) is 3.75. The van der Waals surface area contributed by atoms with Gasteiger partial charge in [0, 0.05) is 19.6 Å². The molecule has 3 aromatic rings. The summed E-state index contributed by atoms with van der Waals surface area (Å²) in [7, 11) is 1.55. The molecule has 0 unspecified atom stereocenters. The fourth-order valence-corrected chi connectivity index (χ4v) is 3.39. The second-order valence-electron chi connectivity index (χ2n) is 9.53. The third-order valence-corrected chi connectivity index (χ3v) is 5.48. The highest BCUT2D eigenvalue weighted by atomic mass is 16.6. The molecule has 0 bridgehead atoms. The van der Waals surface area contributed by atoms with E-state index in [-0.39, 0.29) is 42.0 Å². The van der Waals surface area contributed by atoms with Crippen LogP contribution in [-0.2, 0) is 4.74 Å². The number of nitrogens with one attached hydrogen (secondary N) is 3. The number of nitrogens with zero attached hydrogens (tertiary/aromatic N) is 4. The third-order valence-electron chi connectivity index (χ3n) is 5.48. The Hall–Kier alpha value is -4.36. The van der Waals surface area contributed by atoms with Gasteiger partial charge in [-0.05, 0) is 44.9 Å². The Labute approximate surface area is 225 Å². The lowest BCUT2D eigenvalue weighted by Gasteiger charge is -2.19. The van der Waals surface area contributed by atoms with Gasteiger partial charge in [0.05, 0.1) is 53.4 Å². The number of methoxy groups -OCH3 is 1. The Balaban J connectivity index is 1.54. The molecule has 0 saturated heterocycles. The van der Waals surface area contributed by atoms with Gasteiger partial charge < -0.3 is 30.0 Å². The van der Waals surface area contributed by atoms with Gasteiger partial charge in [-0.2, -0.15) is 0 Å². The number of rotatable bonds is 12. The number of benzene rings is 1. The minimum Gasteiger partial charge on any atom is -0.491 e. The van der Waals surface area contributed by atoms with Crippen LogP contribution in [0, 0.1) is 0 Å². The zero-order valence-corrected chi connectivity index (χ0v) is 21.9. The Bertz CT molecular complexity index is 1300. The standard InChI is InChI=1S/C26H31N7O6/c1-26(2,36)14-30-23(34)19-10-18(38-9-8-37-3)6-7-20(19)33-25(35)39-24-22(31-17-11-27-15-28-12-17)29-13-21(32-24)16-4-5-16/h6-7,10-13,15-16,36H,4-5,8-9,14H2,1-3H3,(H,29,31)(H,30,34)(H,33,35). The highest BCUT2D eigenvalue weighted by molar-refractivity contribution is 6.03. The van der Waals surface area contributed by atoms with Crippen LogP contribution < -0.4 is 25.4 Å². The fraction of sp³-hybridized carbons (Fsp3) is 0.385. The van der Waals surface area contributed by atoms with Crippen molar-refractivity contribution in [3.05, 3.63) is 54.4 Å². The smallest absolute Gasteiger partial charge is 0.418 e. The molecule has 1 aliphatic rings. The molecule has 39 heavy (non-hydrogen) atoms. The summed E-state index contributed by atoms with van der Waals surface area (Å²) in [5.74, 6) is 0.321. The van der Waals surface area contributed by atoms with E-state index in [4.69, 9.17) is 14.2 Å². The first-order valence-corrected chi connectivity index (χ1v) is 12.4. The van der Waals surface area contributed by atoms with Crippen LogP contribution in [0.2, 0.25) is 0 Å². The van der Waals surface area contributed by atoms with Gasteiger partial charge in [-0.25, -0.2) is 24.7 Å². The molecule has 0 aliphatic heterocycles. The molecule has 1 fully saturated rings. The first kappa shape index (κ1) is 27.7. The molecule has 206 valence electrons. The molecule has 1 aliphatic carbocycles. The molecule has 1 saturated carbocycles. The molecule has 13 nitrogen and oxygen atoms in total. The van der Waals surface area contributed by atoms with Crippen LogP contribution in [0.1, 0.15) is 48.7 Å². The number of carbonyl (C=O) groups is 2. The topological polar surface area (TPSA) is 170 Å². The van der Waals surface area contributed by atoms with E-state index in [9.17, 15) is 14.7 Å². The number of carbonyl (C=O) groups excluding carboxylic acids is 2. The average molecular weight is 538 g/mol. The summed E-state index contributed by atoms with van der Waals surface area (Å²) in [5, 5.41) is 18.3. The number of aromatic nitrogens is 4. The van der Waals surface area contributed by atoms with Gasteiger partial charge in [0.1, 0.15) is 18.7 Å². The summed E-state index contributed by atoms with van der Waals surface area (Å²) in [6.45, 7) is 3.76. The van der Waals surface area contributed by atoms with Gasteiger partial charge in [0.2, 0.25) is 0 Å². The van der Waals surface area contributed by atoms with Crippen molar-refractivity contribution in [1.82, 2.24) is 25.3 Å². The highest BCUT2D eigenvalue weighted by Crippen LogP contribution is 2.40. The summed E-state index contributed by atoms with van der Waals surface area (Å²) in [6.07, 6.45) is 7.21. The molecule has 4 rings (SSSR count). The van der Waals surface area contributed by atoms with Crippen LogP contribution >= 0.6 is 0 Å². The van der Waals surface area contributed by atoms with Crippen LogP contribution in [0.3, 0.4) is 0 Å². The minimum absolute atomic E-state index is 0.00768. The van der Waals surface area contributed by atoms with Crippen molar-refractivity contribution < 1.29 is 28.9 Å². The third kappa shape index (κ3) is 8.32. The van der Waals surface area contributed by atoms with Gasteiger partial charge >= 0.3 is 6.09 Å². The number of hydrogen-bond acceptors (Lipinski definition) is 11. The molecular weight excluding hydrogens is 506 g/mol. The first-order chi connectivity index (χ1) is 18.7. The van der Waals surface area contributed by atoms with Crippen molar-refractivity contribution in [2.24, 2.45) is 0 Å². The molecule has 2 amide bonds. The number of ether oxygens (including phenoxy) is 3. The van der Waals surface area contributed by atoms with Crippen LogP contribution in [-0.4, -0.2) is 69.5 Å². The Kier molecular flexibility index (Phi) is 8.84.